The molecular weight excluding hydrogens is 505 g/mol. The summed E-state index contributed by atoms with van der Waals surface area (Å²) in [6.07, 6.45) is 2.16. The van der Waals surface area contributed by atoms with Crippen molar-refractivity contribution < 1.29 is 4.74 Å². The number of hydrogen-bond acceptors (Lipinski definition) is 5. The van der Waals surface area contributed by atoms with Gasteiger partial charge in [0.1, 0.15) is 12.4 Å². The average molecular weight is 541 g/mol. The fourth-order valence-electron chi connectivity index (χ4n) is 3.73. The van der Waals surface area contributed by atoms with Crippen LogP contribution in [-0.4, -0.2) is 72.6 Å². The minimum Gasteiger partial charge on any atom is -0.384 e. The lowest BCUT2D eigenvalue weighted by atomic mass is 10.1. The Balaban J connectivity index is 0.00000341. The fraction of sp³-hybridized carbons (Fsp3) is 0.591. The number of ether oxygens (including phenoxy) is 1. The molecule has 1 aromatic carbocycles. The molecule has 1 aliphatic rings. The van der Waals surface area contributed by atoms with Crippen LogP contribution in [0.2, 0.25) is 0 Å². The molecule has 2 heterocycles. The van der Waals surface area contributed by atoms with E-state index in [4.69, 9.17) is 9.73 Å². The summed E-state index contributed by atoms with van der Waals surface area (Å²) < 4.78 is 7.35. The van der Waals surface area contributed by atoms with Crippen molar-refractivity contribution >= 4 is 35.6 Å². The lowest BCUT2D eigenvalue weighted by Crippen LogP contribution is -2.41. The van der Waals surface area contributed by atoms with Crippen LogP contribution >= 0.6 is 24.0 Å². The van der Waals surface area contributed by atoms with Crippen LogP contribution in [0.5, 0.6) is 0 Å². The van der Waals surface area contributed by atoms with Crippen LogP contribution in [-0.2, 0) is 18.3 Å². The van der Waals surface area contributed by atoms with Gasteiger partial charge in [-0.2, -0.15) is 0 Å². The molecule has 3 rings (SSSR count). The number of aryl methyl sites for hydroxylation is 1. The van der Waals surface area contributed by atoms with E-state index in [0.717, 1.165) is 63.2 Å². The number of hydrogen-bond donors (Lipinski definition) is 1. The SMILES string of the molecule is COCC1CCN(C(=NCc2nnc(C)n2C)NCCCN(C)c2ccccc2)C1.I. The van der Waals surface area contributed by atoms with Gasteiger partial charge in [-0.25, -0.2) is 4.99 Å². The number of nitrogens with zero attached hydrogens (tertiary/aromatic N) is 6. The lowest BCUT2D eigenvalue weighted by molar-refractivity contribution is 0.157. The lowest BCUT2D eigenvalue weighted by Gasteiger charge is -2.23. The molecule has 0 saturated carbocycles. The highest BCUT2D eigenvalue weighted by Gasteiger charge is 2.25. The van der Waals surface area contributed by atoms with E-state index in [-0.39, 0.29) is 24.0 Å². The molecule has 1 atom stereocenters. The molecule has 0 aliphatic carbocycles. The van der Waals surface area contributed by atoms with Gasteiger partial charge in [0.15, 0.2) is 11.8 Å². The van der Waals surface area contributed by atoms with Crippen molar-refractivity contribution in [2.75, 3.05) is 51.8 Å². The zero-order valence-corrected chi connectivity index (χ0v) is 21.5. The predicted molar refractivity (Wildman–Crippen MR) is 136 cm³/mol. The van der Waals surface area contributed by atoms with Gasteiger partial charge >= 0.3 is 0 Å². The number of para-hydroxylation sites is 1. The maximum Gasteiger partial charge on any atom is 0.194 e. The van der Waals surface area contributed by atoms with Gasteiger partial charge in [-0.3, -0.25) is 0 Å². The number of guanidine groups is 1. The smallest absolute Gasteiger partial charge is 0.194 e. The van der Waals surface area contributed by atoms with Gasteiger partial charge in [0.05, 0.1) is 6.61 Å². The predicted octanol–water partition coefficient (Wildman–Crippen LogP) is 2.68. The zero-order valence-electron chi connectivity index (χ0n) is 19.1. The van der Waals surface area contributed by atoms with Gasteiger partial charge < -0.3 is 24.4 Å². The molecule has 0 bridgehead atoms. The van der Waals surface area contributed by atoms with E-state index in [1.165, 1.54) is 5.69 Å². The largest absolute Gasteiger partial charge is 0.384 e. The third-order valence-electron chi connectivity index (χ3n) is 5.69. The second-order valence-electron chi connectivity index (χ2n) is 7.96. The molecule has 172 valence electrons. The van der Waals surface area contributed by atoms with E-state index < -0.39 is 0 Å². The Labute approximate surface area is 203 Å². The molecule has 0 spiro atoms. The third-order valence-corrected chi connectivity index (χ3v) is 5.69. The summed E-state index contributed by atoms with van der Waals surface area (Å²) in [5.74, 6) is 3.29. The summed E-state index contributed by atoms with van der Waals surface area (Å²) >= 11 is 0. The highest BCUT2D eigenvalue weighted by Crippen LogP contribution is 2.17. The van der Waals surface area contributed by atoms with Crippen LogP contribution in [0, 0.1) is 12.8 Å². The average Bonchev–Trinajstić information content (AvgIpc) is 3.35. The summed E-state index contributed by atoms with van der Waals surface area (Å²) in [6, 6.07) is 10.5. The van der Waals surface area contributed by atoms with Crippen LogP contribution in [0.3, 0.4) is 0 Å². The molecule has 1 aliphatic heterocycles. The van der Waals surface area contributed by atoms with E-state index >= 15 is 0 Å². The maximum atomic E-state index is 5.35. The van der Waals surface area contributed by atoms with Gasteiger partial charge in [0, 0.05) is 59.0 Å². The first-order valence-electron chi connectivity index (χ1n) is 10.7. The Morgan fingerprint density at radius 3 is 2.74 bits per heavy atom. The van der Waals surface area contributed by atoms with E-state index in [1.54, 1.807) is 7.11 Å². The van der Waals surface area contributed by atoms with Crippen LogP contribution in [0.15, 0.2) is 35.3 Å². The van der Waals surface area contributed by atoms with Gasteiger partial charge in [-0.05, 0) is 31.9 Å². The minimum absolute atomic E-state index is 0. The van der Waals surface area contributed by atoms with E-state index in [2.05, 4.69) is 56.6 Å². The van der Waals surface area contributed by atoms with Gasteiger partial charge in [0.25, 0.3) is 0 Å². The summed E-state index contributed by atoms with van der Waals surface area (Å²) in [5.41, 5.74) is 1.24. The second kappa shape index (κ2) is 12.8. The van der Waals surface area contributed by atoms with E-state index in [9.17, 15) is 0 Å². The van der Waals surface area contributed by atoms with Crippen LogP contribution < -0.4 is 10.2 Å². The van der Waals surface area contributed by atoms with Crippen LogP contribution in [0.25, 0.3) is 0 Å². The van der Waals surface area contributed by atoms with Gasteiger partial charge in [0.2, 0.25) is 0 Å². The first-order chi connectivity index (χ1) is 14.6. The second-order valence-corrected chi connectivity index (χ2v) is 7.96. The molecule has 2 aromatic rings. The molecule has 31 heavy (non-hydrogen) atoms. The minimum atomic E-state index is 0. The number of methoxy groups -OCH3 is 1. The van der Waals surface area contributed by atoms with Crippen molar-refractivity contribution in [1.82, 2.24) is 25.0 Å². The highest BCUT2D eigenvalue weighted by molar-refractivity contribution is 14.0. The van der Waals surface area contributed by atoms with Crippen molar-refractivity contribution in [3.63, 3.8) is 0 Å². The zero-order chi connectivity index (χ0) is 21.3. The molecule has 0 radical (unpaired) electrons. The number of anilines is 1. The number of benzene rings is 1. The number of halogens is 1. The van der Waals surface area contributed by atoms with Crippen molar-refractivity contribution in [2.45, 2.75) is 26.3 Å². The quantitative estimate of drug-likeness (QED) is 0.228. The standard InChI is InChI=1S/C22H35N7O.HI/c1-18-25-26-21(28(18)3)15-24-22(29-14-11-19(16-29)17-30-4)23-12-8-13-27(2)20-9-6-5-7-10-20;/h5-7,9-10,19H,8,11-17H2,1-4H3,(H,23,24);1H. The number of aliphatic imine (C=N–C) groups is 1. The summed E-state index contributed by atoms with van der Waals surface area (Å²) in [4.78, 5) is 9.50. The Morgan fingerprint density at radius 2 is 2.06 bits per heavy atom. The van der Waals surface area contributed by atoms with Crippen molar-refractivity contribution in [3.8, 4) is 0 Å². The number of rotatable bonds is 9. The summed E-state index contributed by atoms with van der Waals surface area (Å²) in [6.45, 7) is 7.11. The third kappa shape index (κ3) is 7.34. The Kier molecular flexibility index (Phi) is 10.5. The number of aromatic nitrogens is 3. The summed E-state index contributed by atoms with van der Waals surface area (Å²) in [7, 11) is 5.89. The highest BCUT2D eigenvalue weighted by atomic mass is 127. The molecule has 8 nitrogen and oxygen atoms in total. The molecule has 0 amide bonds. The van der Waals surface area contributed by atoms with Crippen molar-refractivity contribution in [3.05, 3.63) is 42.0 Å². The van der Waals surface area contributed by atoms with E-state index in [0.29, 0.717) is 12.5 Å². The van der Waals surface area contributed by atoms with Crippen LogP contribution in [0.4, 0.5) is 5.69 Å². The van der Waals surface area contributed by atoms with Gasteiger partial charge in [-0.1, -0.05) is 18.2 Å². The first-order valence-corrected chi connectivity index (χ1v) is 10.7. The number of nitrogens with one attached hydrogen (secondary N) is 1. The molecule has 1 N–H and O–H groups in total. The van der Waals surface area contributed by atoms with Crippen LogP contribution in [0.1, 0.15) is 24.5 Å². The Morgan fingerprint density at radius 1 is 1.29 bits per heavy atom. The molecular formula is C22H36IN7O. The fourth-order valence-corrected chi connectivity index (χ4v) is 3.73. The van der Waals surface area contributed by atoms with Gasteiger partial charge in [-0.15, -0.1) is 34.2 Å². The molecule has 1 aromatic heterocycles. The maximum absolute atomic E-state index is 5.35. The monoisotopic (exact) mass is 541 g/mol. The first kappa shape index (κ1) is 25.4. The molecule has 9 heteroatoms. The van der Waals surface area contributed by atoms with Crippen molar-refractivity contribution in [1.29, 1.82) is 0 Å². The summed E-state index contributed by atoms with van der Waals surface area (Å²) in [5, 5.41) is 12.0. The molecule has 1 fully saturated rings. The molecule has 1 unspecified atom stereocenters. The topological polar surface area (TPSA) is 70.8 Å². The van der Waals surface area contributed by atoms with E-state index in [1.807, 2.05) is 24.6 Å². The normalized spacial score (nSPS) is 16.3. The Hall–Kier alpha value is -1.88. The van der Waals surface area contributed by atoms with Crippen molar-refractivity contribution in [2.24, 2.45) is 18.0 Å². The number of likely N-dealkylation sites (tertiary alicyclic amines) is 1. The molecule has 1 saturated heterocycles. The Bertz CT molecular complexity index is 811.